The van der Waals surface area contributed by atoms with Gasteiger partial charge in [0.25, 0.3) is 0 Å². The zero-order valence-electron chi connectivity index (χ0n) is 9.14. The van der Waals surface area contributed by atoms with Gasteiger partial charge >= 0.3 is 0 Å². The van der Waals surface area contributed by atoms with Crippen LogP contribution in [0, 0.1) is 0 Å². The second kappa shape index (κ2) is 6.74. The highest BCUT2D eigenvalue weighted by atomic mass is 79.9. The molecule has 3 nitrogen and oxygen atoms in total. The van der Waals surface area contributed by atoms with Crippen molar-refractivity contribution in [3.63, 3.8) is 0 Å². The molecule has 16 heavy (non-hydrogen) atoms. The monoisotopic (exact) mass is 326 g/mol. The molecule has 90 valence electrons. The molecular weight excluding hydrogens is 315 g/mol. The highest BCUT2D eigenvalue weighted by Gasteiger charge is 2.17. The molecular formula is C10H13BrCl2N2O. The molecule has 0 aliphatic heterocycles. The average molecular weight is 328 g/mol. The number of halogens is 3. The largest absolute Gasteiger partial charge is 0.371 e. The number of nitrogens with zero attached hydrogens (tertiary/aromatic N) is 2. The molecule has 0 amide bonds. The first-order valence-electron chi connectivity index (χ1n) is 5.10. The van der Waals surface area contributed by atoms with Gasteiger partial charge in [0, 0.05) is 6.61 Å². The normalized spacial score (nSPS) is 12.8. The third-order valence-electron chi connectivity index (χ3n) is 1.99. The third-order valence-corrected chi connectivity index (χ3v) is 3.75. The molecule has 1 rings (SSSR count). The summed E-state index contributed by atoms with van der Waals surface area (Å²) in [6.45, 7) is 4.62. The first kappa shape index (κ1) is 14.2. The molecule has 0 fully saturated rings. The molecule has 0 bridgehead atoms. The minimum atomic E-state index is -0.141. The fraction of sp³-hybridized carbons (Fsp3) is 0.600. The van der Waals surface area contributed by atoms with E-state index < -0.39 is 0 Å². The van der Waals surface area contributed by atoms with Crippen LogP contribution in [0.3, 0.4) is 0 Å². The van der Waals surface area contributed by atoms with Gasteiger partial charge in [0.1, 0.15) is 16.4 Å². The van der Waals surface area contributed by atoms with Crippen molar-refractivity contribution in [2.75, 3.05) is 6.61 Å². The predicted molar refractivity (Wildman–Crippen MR) is 69.0 cm³/mol. The lowest BCUT2D eigenvalue weighted by Gasteiger charge is -2.15. The molecule has 1 unspecified atom stereocenters. The molecule has 0 radical (unpaired) electrons. The molecule has 0 saturated carbocycles. The van der Waals surface area contributed by atoms with E-state index in [-0.39, 0.29) is 6.10 Å². The lowest BCUT2D eigenvalue weighted by Crippen LogP contribution is -2.09. The van der Waals surface area contributed by atoms with Crippen LogP contribution in [0.15, 0.2) is 4.47 Å². The van der Waals surface area contributed by atoms with Crippen molar-refractivity contribution in [2.24, 2.45) is 0 Å². The van der Waals surface area contributed by atoms with Crippen LogP contribution in [0.5, 0.6) is 0 Å². The van der Waals surface area contributed by atoms with Crippen LogP contribution in [0.1, 0.15) is 38.6 Å². The lowest BCUT2D eigenvalue weighted by atomic mass is 10.2. The van der Waals surface area contributed by atoms with Gasteiger partial charge in [-0.2, -0.15) is 0 Å². The van der Waals surface area contributed by atoms with Gasteiger partial charge in [-0.25, -0.2) is 9.97 Å². The van der Waals surface area contributed by atoms with E-state index >= 15 is 0 Å². The molecule has 0 N–H and O–H groups in total. The fourth-order valence-corrected chi connectivity index (χ4v) is 1.88. The summed E-state index contributed by atoms with van der Waals surface area (Å²) in [5, 5.41) is 0.631. The van der Waals surface area contributed by atoms with Gasteiger partial charge in [-0.3, -0.25) is 0 Å². The molecule has 1 aromatic heterocycles. The maximum Gasteiger partial charge on any atom is 0.160 e. The summed E-state index contributed by atoms with van der Waals surface area (Å²) in [5.74, 6) is 0.543. The summed E-state index contributed by atoms with van der Waals surface area (Å²) >= 11 is 15.1. The molecule has 6 heteroatoms. The summed E-state index contributed by atoms with van der Waals surface area (Å²) in [4.78, 5) is 8.34. The Morgan fingerprint density at radius 3 is 2.25 bits per heavy atom. The Balaban J connectivity index is 3.00. The van der Waals surface area contributed by atoms with E-state index in [1.807, 2.05) is 6.92 Å². The highest BCUT2D eigenvalue weighted by molar-refractivity contribution is 9.10. The molecule has 0 aliphatic rings. The van der Waals surface area contributed by atoms with Crippen molar-refractivity contribution in [1.82, 2.24) is 9.97 Å². The highest BCUT2D eigenvalue weighted by Crippen LogP contribution is 2.30. The van der Waals surface area contributed by atoms with Crippen molar-refractivity contribution < 1.29 is 4.74 Å². The zero-order valence-corrected chi connectivity index (χ0v) is 12.2. The van der Waals surface area contributed by atoms with E-state index in [9.17, 15) is 0 Å². The van der Waals surface area contributed by atoms with Gasteiger partial charge in [-0.1, -0.05) is 36.5 Å². The first-order chi connectivity index (χ1) is 7.60. The minimum absolute atomic E-state index is 0.141. The number of ether oxygens (including phenoxy) is 1. The van der Waals surface area contributed by atoms with Gasteiger partial charge < -0.3 is 4.74 Å². The second-order valence-corrected chi connectivity index (χ2v) is 4.72. The van der Waals surface area contributed by atoms with Crippen molar-refractivity contribution in [3.05, 3.63) is 20.6 Å². The minimum Gasteiger partial charge on any atom is -0.371 e. The van der Waals surface area contributed by atoms with E-state index in [1.165, 1.54) is 0 Å². The van der Waals surface area contributed by atoms with E-state index in [4.69, 9.17) is 27.9 Å². The Morgan fingerprint density at radius 2 is 1.81 bits per heavy atom. The first-order valence-corrected chi connectivity index (χ1v) is 6.65. The number of hydrogen-bond donors (Lipinski definition) is 0. The van der Waals surface area contributed by atoms with Crippen molar-refractivity contribution in [1.29, 1.82) is 0 Å². The molecule has 0 saturated heterocycles. The smallest absolute Gasteiger partial charge is 0.160 e. The SMILES string of the molecule is CCCC(OCC)c1nc(Cl)c(Br)c(Cl)n1. The van der Waals surface area contributed by atoms with Gasteiger partial charge in [-0.15, -0.1) is 0 Å². The van der Waals surface area contributed by atoms with Crippen LogP contribution in [0.4, 0.5) is 0 Å². The van der Waals surface area contributed by atoms with E-state index in [0.717, 1.165) is 12.8 Å². The lowest BCUT2D eigenvalue weighted by molar-refractivity contribution is 0.0493. The standard InChI is InChI=1S/C10H13BrCl2N2O/c1-3-5-6(16-4-2)10-14-8(12)7(11)9(13)15-10/h6H,3-5H2,1-2H3. The third kappa shape index (κ3) is 3.55. The maximum absolute atomic E-state index is 5.93. The van der Waals surface area contributed by atoms with E-state index in [0.29, 0.717) is 27.2 Å². The van der Waals surface area contributed by atoms with E-state index in [2.05, 4.69) is 32.8 Å². The molecule has 1 atom stereocenters. The number of aromatic nitrogens is 2. The Bertz CT molecular complexity index is 334. The van der Waals surface area contributed by atoms with E-state index in [1.54, 1.807) is 0 Å². The zero-order chi connectivity index (χ0) is 12.1. The summed E-state index contributed by atoms with van der Waals surface area (Å²) < 4.78 is 6.08. The fourth-order valence-electron chi connectivity index (χ4n) is 1.30. The quantitative estimate of drug-likeness (QED) is 0.751. The summed E-state index contributed by atoms with van der Waals surface area (Å²) in [6.07, 6.45) is 1.69. The molecule has 0 aliphatic carbocycles. The van der Waals surface area contributed by atoms with Gasteiger partial charge in [-0.05, 0) is 29.3 Å². The Morgan fingerprint density at radius 1 is 1.25 bits per heavy atom. The van der Waals surface area contributed by atoms with Crippen LogP contribution < -0.4 is 0 Å². The van der Waals surface area contributed by atoms with Crippen LogP contribution >= 0.6 is 39.1 Å². The molecule has 1 aromatic rings. The summed E-state index contributed by atoms with van der Waals surface area (Å²) in [7, 11) is 0. The molecule has 0 aromatic carbocycles. The van der Waals surface area contributed by atoms with Gasteiger partial charge in [0.05, 0.1) is 4.47 Å². The van der Waals surface area contributed by atoms with Gasteiger partial charge in [0.15, 0.2) is 5.82 Å². The number of rotatable bonds is 5. The van der Waals surface area contributed by atoms with Gasteiger partial charge in [0.2, 0.25) is 0 Å². The molecule has 0 spiro atoms. The van der Waals surface area contributed by atoms with Crippen LogP contribution in [0.25, 0.3) is 0 Å². The van der Waals surface area contributed by atoms with Crippen LogP contribution in [-0.2, 0) is 4.74 Å². The maximum atomic E-state index is 5.93. The van der Waals surface area contributed by atoms with Crippen LogP contribution in [-0.4, -0.2) is 16.6 Å². The van der Waals surface area contributed by atoms with Crippen LogP contribution in [0.2, 0.25) is 10.3 Å². The van der Waals surface area contributed by atoms with Crippen molar-refractivity contribution in [2.45, 2.75) is 32.8 Å². The number of hydrogen-bond acceptors (Lipinski definition) is 3. The Labute approximate surface area is 114 Å². The van der Waals surface area contributed by atoms with Crippen molar-refractivity contribution >= 4 is 39.1 Å². The second-order valence-electron chi connectivity index (χ2n) is 3.21. The Hall–Kier alpha value is 0.1000. The average Bonchev–Trinajstić information content (AvgIpc) is 2.25. The summed E-state index contributed by atoms with van der Waals surface area (Å²) in [5.41, 5.74) is 0. The topological polar surface area (TPSA) is 35.0 Å². The van der Waals surface area contributed by atoms with Crippen molar-refractivity contribution in [3.8, 4) is 0 Å². The predicted octanol–water partition coefficient (Wildman–Crippen LogP) is 4.42. The summed E-state index contributed by atoms with van der Waals surface area (Å²) in [6, 6.07) is 0. The Kier molecular flexibility index (Phi) is 5.97. The molecule has 1 heterocycles.